The molecule has 0 aromatic rings. The smallest absolute Gasteiger partial charge is 0.311 e. The van der Waals surface area contributed by atoms with Gasteiger partial charge in [-0.2, -0.15) is 0 Å². The van der Waals surface area contributed by atoms with Crippen LogP contribution < -0.4 is 0 Å². The van der Waals surface area contributed by atoms with E-state index in [1.165, 1.54) is 31.4 Å². The molecule has 8 atom stereocenters. The van der Waals surface area contributed by atoms with Crippen molar-refractivity contribution in [2.75, 3.05) is 13.2 Å². The van der Waals surface area contributed by atoms with E-state index in [-0.39, 0.29) is 40.8 Å². The van der Waals surface area contributed by atoms with Crippen LogP contribution in [0.1, 0.15) is 107 Å². The van der Waals surface area contributed by atoms with Gasteiger partial charge < -0.3 is 14.2 Å². The number of allylic oxidation sites excluding steroid dienone is 2. The zero-order valence-electron chi connectivity index (χ0n) is 26.1. The average Bonchev–Trinajstić information content (AvgIpc) is 3.16. The second-order valence-electron chi connectivity index (χ2n) is 14.6. The molecule has 0 radical (unpaired) electrons. The van der Waals surface area contributed by atoms with Gasteiger partial charge in [-0.05, 0) is 100 Å². The molecule has 2 fully saturated rings. The first-order chi connectivity index (χ1) is 18.7. The number of rotatable bonds is 8. The van der Waals surface area contributed by atoms with Crippen molar-refractivity contribution in [3.05, 3.63) is 23.3 Å². The second kappa shape index (κ2) is 11.6. The number of fused-ring (bicyclic) bond motifs is 5. The third kappa shape index (κ3) is 6.06. The Hall–Kier alpha value is -2.11. The molecule has 0 unspecified atom stereocenters. The maximum absolute atomic E-state index is 12.3. The summed E-state index contributed by atoms with van der Waals surface area (Å²) in [6, 6.07) is 0. The minimum Gasteiger partial charge on any atom is -0.465 e. The molecular weight excluding hydrogens is 504 g/mol. The molecule has 0 heterocycles. The molecule has 4 rings (SSSR count). The van der Waals surface area contributed by atoms with Crippen LogP contribution in [0.15, 0.2) is 23.3 Å². The molecule has 6 heteroatoms. The van der Waals surface area contributed by atoms with E-state index >= 15 is 0 Å². The van der Waals surface area contributed by atoms with Crippen LogP contribution in [0.4, 0.5) is 0 Å². The van der Waals surface area contributed by atoms with Crippen LogP contribution in [0.25, 0.3) is 0 Å². The monoisotopic (exact) mass is 556 g/mol. The summed E-state index contributed by atoms with van der Waals surface area (Å²) in [6.45, 7) is 16.7. The molecule has 2 saturated carbocycles. The van der Waals surface area contributed by atoms with Crippen LogP contribution in [0.3, 0.4) is 0 Å². The van der Waals surface area contributed by atoms with Crippen molar-refractivity contribution in [1.29, 1.82) is 0 Å². The SMILES string of the molecule is CC(=O)OC[C@H](C)C1=C[C@H](CCCOC(=O)C(C)(C)C)[C@H]2[C@@H]3CC=C4C[C@@H](OC(C)=O)CC[C@]4(C)[C@H]3CC[C@]12C. The van der Waals surface area contributed by atoms with E-state index in [1.54, 1.807) is 0 Å². The van der Waals surface area contributed by atoms with E-state index in [1.807, 2.05) is 20.8 Å². The Kier molecular flexibility index (Phi) is 8.98. The van der Waals surface area contributed by atoms with Crippen molar-refractivity contribution >= 4 is 17.9 Å². The van der Waals surface area contributed by atoms with E-state index in [0.29, 0.717) is 36.9 Å². The maximum Gasteiger partial charge on any atom is 0.311 e. The molecule has 40 heavy (non-hydrogen) atoms. The minimum absolute atomic E-state index is 0.00710. The topological polar surface area (TPSA) is 78.9 Å². The second-order valence-corrected chi connectivity index (χ2v) is 14.6. The lowest BCUT2D eigenvalue weighted by molar-refractivity contribution is -0.153. The summed E-state index contributed by atoms with van der Waals surface area (Å²) < 4.78 is 16.8. The Balaban J connectivity index is 1.56. The van der Waals surface area contributed by atoms with Crippen molar-refractivity contribution in [3.8, 4) is 0 Å². The highest BCUT2D eigenvalue weighted by molar-refractivity contribution is 5.75. The van der Waals surface area contributed by atoms with Crippen molar-refractivity contribution < 1.29 is 28.6 Å². The number of ether oxygens (including phenoxy) is 3. The molecule has 4 aliphatic carbocycles. The molecule has 0 spiro atoms. The van der Waals surface area contributed by atoms with Gasteiger partial charge in [0.2, 0.25) is 0 Å². The summed E-state index contributed by atoms with van der Waals surface area (Å²) in [7, 11) is 0. The lowest BCUT2D eigenvalue weighted by Gasteiger charge is -2.59. The van der Waals surface area contributed by atoms with Crippen LogP contribution >= 0.6 is 0 Å². The third-order valence-electron chi connectivity index (χ3n) is 10.8. The Morgan fingerprint density at radius 1 is 1.02 bits per heavy atom. The fourth-order valence-corrected chi connectivity index (χ4v) is 8.89. The van der Waals surface area contributed by atoms with Gasteiger partial charge in [0, 0.05) is 26.2 Å². The van der Waals surface area contributed by atoms with E-state index in [2.05, 4.69) is 32.9 Å². The summed E-state index contributed by atoms with van der Waals surface area (Å²) in [6.07, 6.45) is 13.1. The van der Waals surface area contributed by atoms with Gasteiger partial charge in [0.15, 0.2) is 0 Å². The van der Waals surface area contributed by atoms with Crippen LogP contribution in [0.2, 0.25) is 0 Å². The summed E-state index contributed by atoms with van der Waals surface area (Å²) in [5, 5.41) is 0. The van der Waals surface area contributed by atoms with Crippen LogP contribution in [0, 0.1) is 45.8 Å². The summed E-state index contributed by atoms with van der Waals surface area (Å²) in [5.41, 5.74) is 2.68. The molecule has 0 aliphatic heterocycles. The van der Waals surface area contributed by atoms with Crippen LogP contribution in [-0.4, -0.2) is 37.2 Å². The first-order valence-electron chi connectivity index (χ1n) is 15.6. The third-order valence-corrected chi connectivity index (χ3v) is 10.8. The Labute approximate surface area is 241 Å². The van der Waals surface area contributed by atoms with Crippen molar-refractivity contribution in [2.24, 2.45) is 45.8 Å². The van der Waals surface area contributed by atoms with E-state index < -0.39 is 5.41 Å². The molecule has 0 aromatic carbocycles. The number of carbonyl (C=O) groups is 3. The highest BCUT2D eigenvalue weighted by Crippen LogP contribution is 2.67. The average molecular weight is 557 g/mol. The largest absolute Gasteiger partial charge is 0.465 e. The van der Waals surface area contributed by atoms with Gasteiger partial charge in [0.1, 0.15) is 6.10 Å². The summed E-state index contributed by atoms with van der Waals surface area (Å²) in [5.74, 6) is 1.75. The molecule has 6 nitrogen and oxygen atoms in total. The van der Waals surface area contributed by atoms with E-state index in [4.69, 9.17) is 14.2 Å². The van der Waals surface area contributed by atoms with Crippen molar-refractivity contribution in [2.45, 2.75) is 113 Å². The molecule has 4 aliphatic rings. The molecule has 0 amide bonds. The zero-order valence-corrected chi connectivity index (χ0v) is 26.1. The van der Waals surface area contributed by atoms with E-state index in [9.17, 15) is 14.4 Å². The van der Waals surface area contributed by atoms with Gasteiger partial charge in [-0.3, -0.25) is 14.4 Å². The van der Waals surface area contributed by atoms with Gasteiger partial charge in [-0.25, -0.2) is 0 Å². The predicted molar refractivity (Wildman–Crippen MR) is 155 cm³/mol. The normalized spacial score (nSPS) is 35.8. The van der Waals surface area contributed by atoms with Crippen LogP contribution in [0.5, 0.6) is 0 Å². The number of hydrogen-bond donors (Lipinski definition) is 0. The minimum atomic E-state index is -0.488. The molecule has 0 bridgehead atoms. The van der Waals surface area contributed by atoms with E-state index in [0.717, 1.165) is 44.9 Å². The van der Waals surface area contributed by atoms with Gasteiger partial charge in [0.05, 0.1) is 18.6 Å². The maximum atomic E-state index is 12.3. The number of hydrogen-bond acceptors (Lipinski definition) is 6. The molecule has 0 N–H and O–H groups in total. The molecule has 0 aromatic heterocycles. The molecular formula is C34H52O6. The highest BCUT2D eigenvalue weighted by Gasteiger charge is 2.59. The predicted octanol–water partition coefficient (Wildman–Crippen LogP) is 7.21. The van der Waals surface area contributed by atoms with Crippen molar-refractivity contribution in [3.63, 3.8) is 0 Å². The molecule has 224 valence electrons. The number of esters is 3. The standard InChI is InChI=1S/C34H52O6/c1-21(20-39-22(2)35)29-18-24(10-9-17-38-31(37)32(4,5)6)30-27-12-11-25-19-26(40-23(3)36)13-15-33(25,7)28(27)14-16-34(29,30)8/h11,18,21,24,26-28,30H,9-10,12-17,19-20H2,1-8H3/t21-,24-,26-,27+,28-,30-,33-,34+/m0/s1. The summed E-state index contributed by atoms with van der Waals surface area (Å²) >= 11 is 0. The van der Waals surface area contributed by atoms with Crippen LogP contribution in [-0.2, 0) is 28.6 Å². The fourth-order valence-electron chi connectivity index (χ4n) is 8.89. The van der Waals surface area contributed by atoms with Crippen molar-refractivity contribution in [1.82, 2.24) is 0 Å². The zero-order chi connectivity index (χ0) is 29.5. The van der Waals surface area contributed by atoms with Gasteiger partial charge in [0.25, 0.3) is 0 Å². The first-order valence-corrected chi connectivity index (χ1v) is 15.6. The molecule has 0 saturated heterocycles. The Morgan fingerprint density at radius 3 is 2.38 bits per heavy atom. The Bertz CT molecular complexity index is 1050. The summed E-state index contributed by atoms with van der Waals surface area (Å²) in [4.78, 5) is 35.6. The Morgan fingerprint density at radius 2 is 1.73 bits per heavy atom. The van der Waals surface area contributed by atoms with Gasteiger partial charge >= 0.3 is 17.9 Å². The first kappa shape index (κ1) is 30.8. The van der Waals surface area contributed by atoms with Gasteiger partial charge in [-0.1, -0.05) is 44.1 Å². The number of carbonyl (C=O) groups excluding carboxylic acids is 3. The lowest BCUT2D eigenvalue weighted by atomic mass is 9.46. The quantitative estimate of drug-likeness (QED) is 0.136. The lowest BCUT2D eigenvalue weighted by Crippen LogP contribution is -2.51. The highest BCUT2D eigenvalue weighted by atomic mass is 16.5. The fraction of sp³-hybridized carbons (Fsp3) is 0.794. The van der Waals surface area contributed by atoms with Gasteiger partial charge in [-0.15, -0.1) is 0 Å².